The molecule has 0 aliphatic heterocycles. The average molecular weight is 529 g/mol. The number of hydrogen-bond acceptors (Lipinski definition) is 5. The van der Waals surface area contributed by atoms with Gasteiger partial charge in [0.1, 0.15) is 11.5 Å². The molecule has 0 N–H and O–H groups in total. The normalized spacial score (nSPS) is 10.9. The molecule has 0 saturated heterocycles. The topological polar surface area (TPSA) is 60.8 Å². The quantitative estimate of drug-likeness (QED) is 0.216. The van der Waals surface area contributed by atoms with Crippen molar-refractivity contribution < 1.29 is 4.74 Å². The molecule has 7 rings (SSSR count). The van der Waals surface area contributed by atoms with Crippen LogP contribution in [0.25, 0.3) is 56.2 Å². The zero-order valence-electron chi connectivity index (χ0n) is 22.1. The van der Waals surface area contributed by atoms with Gasteiger partial charge in [0, 0.05) is 33.8 Å². The number of pyridine rings is 1. The third kappa shape index (κ3) is 5.16. The van der Waals surface area contributed by atoms with Crippen molar-refractivity contribution in [2.75, 3.05) is 0 Å². The lowest BCUT2D eigenvalue weighted by Gasteiger charge is -2.10. The smallest absolute Gasteiger partial charge is 0.164 e. The third-order valence-electron chi connectivity index (χ3n) is 6.85. The van der Waals surface area contributed by atoms with Crippen LogP contribution in [0.3, 0.4) is 0 Å². The Morgan fingerprint density at radius 1 is 0.390 bits per heavy atom. The van der Waals surface area contributed by atoms with E-state index in [9.17, 15) is 0 Å². The van der Waals surface area contributed by atoms with Gasteiger partial charge in [0.25, 0.3) is 0 Å². The first kappa shape index (κ1) is 24.4. The monoisotopic (exact) mass is 528 g/mol. The van der Waals surface area contributed by atoms with Gasteiger partial charge in [0.2, 0.25) is 0 Å². The molecular formula is C36H24N4O. The molecule has 5 aromatic carbocycles. The van der Waals surface area contributed by atoms with E-state index in [1.165, 1.54) is 0 Å². The van der Waals surface area contributed by atoms with Crippen LogP contribution in [0, 0.1) is 0 Å². The summed E-state index contributed by atoms with van der Waals surface area (Å²) in [6, 6.07) is 46.1. The highest BCUT2D eigenvalue weighted by molar-refractivity contribution is 5.93. The summed E-state index contributed by atoms with van der Waals surface area (Å²) < 4.78 is 6.16. The van der Waals surface area contributed by atoms with E-state index >= 15 is 0 Å². The van der Waals surface area contributed by atoms with E-state index in [4.69, 9.17) is 19.7 Å². The zero-order chi connectivity index (χ0) is 27.4. The first-order valence-corrected chi connectivity index (χ1v) is 13.4. The van der Waals surface area contributed by atoms with Gasteiger partial charge < -0.3 is 4.74 Å². The first-order chi connectivity index (χ1) is 20.3. The second kappa shape index (κ2) is 10.8. The number of fused-ring (bicyclic) bond motifs is 1. The molecule has 0 amide bonds. The van der Waals surface area contributed by atoms with Gasteiger partial charge in [-0.1, -0.05) is 97.1 Å². The van der Waals surface area contributed by atoms with Crippen molar-refractivity contribution in [3.05, 3.63) is 146 Å². The SMILES string of the molecule is c1ccc(-c2nc(-c3ccccc3)nc(-c3ccc(Oc4ccc(-c5cccc6cccnc56)cc4)cc3)n2)cc1. The number of rotatable bonds is 6. The minimum Gasteiger partial charge on any atom is -0.457 e. The van der Waals surface area contributed by atoms with Crippen molar-refractivity contribution in [3.63, 3.8) is 0 Å². The van der Waals surface area contributed by atoms with Crippen LogP contribution in [0.5, 0.6) is 11.5 Å². The van der Waals surface area contributed by atoms with Gasteiger partial charge in [0.15, 0.2) is 17.5 Å². The Hall–Kier alpha value is -5.68. The summed E-state index contributed by atoms with van der Waals surface area (Å²) in [6.07, 6.45) is 1.83. The van der Waals surface area contributed by atoms with E-state index in [0.717, 1.165) is 50.2 Å². The summed E-state index contributed by atoms with van der Waals surface area (Å²) in [5.74, 6) is 3.37. The molecule has 194 valence electrons. The first-order valence-electron chi connectivity index (χ1n) is 13.4. The largest absolute Gasteiger partial charge is 0.457 e. The van der Waals surface area contributed by atoms with Crippen molar-refractivity contribution >= 4 is 10.9 Å². The average Bonchev–Trinajstić information content (AvgIpc) is 3.06. The highest BCUT2D eigenvalue weighted by Gasteiger charge is 2.12. The maximum atomic E-state index is 6.16. The van der Waals surface area contributed by atoms with Crippen LogP contribution in [0.2, 0.25) is 0 Å². The van der Waals surface area contributed by atoms with Crippen LogP contribution in [0.1, 0.15) is 0 Å². The molecule has 0 saturated carbocycles. The predicted octanol–water partition coefficient (Wildman–Crippen LogP) is 8.88. The lowest BCUT2D eigenvalue weighted by molar-refractivity contribution is 0.483. The van der Waals surface area contributed by atoms with Gasteiger partial charge >= 0.3 is 0 Å². The van der Waals surface area contributed by atoms with E-state index in [2.05, 4.69) is 41.4 Å². The second-order valence-electron chi connectivity index (χ2n) is 9.57. The van der Waals surface area contributed by atoms with Gasteiger partial charge in [-0.2, -0.15) is 0 Å². The van der Waals surface area contributed by atoms with Crippen molar-refractivity contribution in [2.24, 2.45) is 0 Å². The van der Waals surface area contributed by atoms with Crippen molar-refractivity contribution in [1.82, 2.24) is 19.9 Å². The molecule has 0 aliphatic carbocycles. The fraction of sp³-hybridized carbons (Fsp3) is 0. The van der Waals surface area contributed by atoms with Gasteiger partial charge in [0.05, 0.1) is 5.52 Å². The van der Waals surface area contributed by atoms with E-state index in [-0.39, 0.29) is 0 Å². The Morgan fingerprint density at radius 3 is 1.44 bits per heavy atom. The van der Waals surface area contributed by atoms with Gasteiger partial charge in [-0.3, -0.25) is 4.98 Å². The van der Waals surface area contributed by atoms with Crippen LogP contribution in [0.4, 0.5) is 0 Å². The third-order valence-corrected chi connectivity index (χ3v) is 6.85. The standard InChI is InChI=1S/C36H24N4O/c1-3-9-27(10-4-1)34-38-35(28-11-5-2-6-12-28)40-36(39-34)29-18-22-31(23-19-29)41-30-20-16-25(17-21-30)32-15-7-13-26-14-8-24-37-33(26)32/h1-24H. The van der Waals surface area contributed by atoms with Gasteiger partial charge in [-0.15, -0.1) is 0 Å². The van der Waals surface area contributed by atoms with E-state index in [1.54, 1.807) is 0 Å². The molecule has 2 heterocycles. The molecule has 0 fully saturated rings. The summed E-state index contributed by atoms with van der Waals surface area (Å²) in [7, 11) is 0. The minimum atomic E-state index is 0.609. The van der Waals surface area contributed by atoms with Crippen LogP contribution < -0.4 is 4.74 Å². The van der Waals surface area contributed by atoms with Crippen LogP contribution in [0.15, 0.2) is 146 Å². The maximum Gasteiger partial charge on any atom is 0.164 e. The molecule has 5 heteroatoms. The summed E-state index contributed by atoms with van der Waals surface area (Å²) >= 11 is 0. The fourth-order valence-corrected chi connectivity index (χ4v) is 4.79. The van der Waals surface area contributed by atoms with E-state index < -0.39 is 0 Å². The van der Waals surface area contributed by atoms with Crippen molar-refractivity contribution in [1.29, 1.82) is 0 Å². The maximum absolute atomic E-state index is 6.16. The van der Waals surface area contributed by atoms with E-state index in [0.29, 0.717) is 17.5 Å². The number of para-hydroxylation sites is 1. The number of benzene rings is 5. The molecule has 0 spiro atoms. The molecule has 0 unspecified atom stereocenters. The molecule has 41 heavy (non-hydrogen) atoms. The van der Waals surface area contributed by atoms with Gasteiger partial charge in [-0.05, 0) is 48.0 Å². The zero-order valence-corrected chi connectivity index (χ0v) is 22.1. The predicted molar refractivity (Wildman–Crippen MR) is 163 cm³/mol. The Kier molecular flexibility index (Phi) is 6.44. The lowest BCUT2D eigenvalue weighted by atomic mass is 10.0. The lowest BCUT2D eigenvalue weighted by Crippen LogP contribution is -2.00. The molecular weight excluding hydrogens is 504 g/mol. The van der Waals surface area contributed by atoms with Crippen molar-refractivity contribution in [3.8, 4) is 56.8 Å². The van der Waals surface area contributed by atoms with E-state index in [1.807, 2.05) is 109 Å². The van der Waals surface area contributed by atoms with Gasteiger partial charge in [-0.25, -0.2) is 15.0 Å². The summed E-state index contributed by atoms with van der Waals surface area (Å²) in [4.78, 5) is 19.0. The number of nitrogens with zero attached hydrogens (tertiary/aromatic N) is 4. The fourth-order valence-electron chi connectivity index (χ4n) is 4.79. The number of aromatic nitrogens is 4. The Labute approximate surface area is 237 Å². The molecule has 0 bridgehead atoms. The molecule has 7 aromatic rings. The number of hydrogen-bond donors (Lipinski definition) is 0. The minimum absolute atomic E-state index is 0.609. The number of ether oxygens (including phenoxy) is 1. The van der Waals surface area contributed by atoms with Crippen LogP contribution >= 0.6 is 0 Å². The molecule has 0 atom stereocenters. The Bertz CT molecular complexity index is 1880. The second-order valence-corrected chi connectivity index (χ2v) is 9.57. The Balaban J connectivity index is 1.15. The molecule has 2 aromatic heterocycles. The summed E-state index contributed by atoms with van der Waals surface area (Å²) in [6.45, 7) is 0. The highest BCUT2D eigenvalue weighted by atomic mass is 16.5. The molecule has 0 aliphatic rings. The highest BCUT2D eigenvalue weighted by Crippen LogP contribution is 2.31. The van der Waals surface area contributed by atoms with Crippen LogP contribution in [-0.2, 0) is 0 Å². The molecule has 5 nitrogen and oxygen atoms in total. The molecule has 0 radical (unpaired) electrons. The summed E-state index contributed by atoms with van der Waals surface area (Å²) in [5.41, 5.74) is 5.94. The Morgan fingerprint density at radius 2 is 0.878 bits per heavy atom. The van der Waals surface area contributed by atoms with Crippen molar-refractivity contribution in [2.45, 2.75) is 0 Å². The van der Waals surface area contributed by atoms with Crippen LogP contribution in [-0.4, -0.2) is 19.9 Å². The summed E-state index contributed by atoms with van der Waals surface area (Å²) in [5, 5.41) is 1.12.